The van der Waals surface area contributed by atoms with Crippen molar-refractivity contribution in [1.29, 1.82) is 0 Å². The predicted molar refractivity (Wildman–Crippen MR) is 98.6 cm³/mol. The van der Waals surface area contributed by atoms with Crippen molar-refractivity contribution in [3.05, 3.63) is 40.4 Å². The molecule has 0 bridgehead atoms. The van der Waals surface area contributed by atoms with E-state index in [1.807, 2.05) is 24.3 Å². The Kier molecular flexibility index (Phi) is 6.78. The SMILES string of the molecule is CCN(C(=O)COC(=O)/C=C\c1cccc(Br)c1)[C@@H]1CCS(=O)(=O)C1. The number of esters is 1. The van der Waals surface area contributed by atoms with Crippen LogP contribution in [-0.2, 0) is 24.2 Å². The van der Waals surface area contributed by atoms with Gasteiger partial charge < -0.3 is 9.64 Å². The molecule has 1 fully saturated rings. The Morgan fingerprint density at radius 3 is 2.76 bits per heavy atom. The van der Waals surface area contributed by atoms with E-state index in [9.17, 15) is 18.0 Å². The van der Waals surface area contributed by atoms with E-state index in [4.69, 9.17) is 4.74 Å². The molecule has 0 radical (unpaired) electrons. The first-order valence-electron chi connectivity index (χ1n) is 7.91. The number of ether oxygens (including phenoxy) is 1. The van der Waals surface area contributed by atoms with Gasteiger partial charge in [0.25, 0.3) is 5.91 Å². The van der Waals surface area contributed by atoms with Crippen molar-refractivity contribution in [2.24, 2.45) is 0 Å². The normalized spacial score (nSPS) is 19.0. The van der Waals surface area contributed by atoms with Crippen LogP contribution in [0.25, 0.3) is 6.08 Å². The van der Waals surface area contributed by atoms with Gasteiger partial charge in [-0.2, -0.15) is 0 Å². The van der Waals surface area contributed by atoms with Crippen LogP contribution in [0.2, 0.25) is 0 Å². The highest BCUT2D eigenvalue weighted by Crippen LogP contribution is 2.18. The Morgan fingerprint density at radius 2 is 2.16 bits per heavy atom. The molecule has 0 unspecified atom stereocenters. The molecule has 1 aliphatic rings. The smallest absolute Gasteiger partial charge is 0.331 e. The van der Waals surface area contributed by atoms with E-state index in [0.717, 1.165) is 10.0 Å². The van der Waals surface area contributed by atoms with Crippen molar-refractivity contribution in [2.75, 3.05) is 24.7 Å². The first-order valence-corrected chi connectivity index (χ1v) is 10.5. The zero-order valence-corrected chi connectivity index (χ0v) is 16.3. The lowest BCUT2D eigenvalue weighted by atomic mass is 10.2. The standard InChI is InChI=1S/C17H20BrNO5S/c1-2-19(15-8-9-25(22,23)12-15)16(20)11-24-17(21)7-6-13-4-3-5-14(18)10-13/h3-7,10,15H,2,8-9,11-12H2,1H3/b7-6-/t15-/m1/s1. The largest absolute Gasteiger partial charge is 0.452 e. The van der Waals surface area contributed by atoms with Crippen LogP contribution in [0.4, 0.5) is 0 Å². The van der Waals surface area contributed by atoms with Crippen molar-refractivity contribution >= 4 is 43.7 Å². The zero-order chi connectivity index (χ0) is 18.4. The average Bonchev–Trinajstić information content (AvgIpc) is 2.91. The molecule has 0 aromatic heterocycles. The summed E-state index contributed by atoms with van der Waals surface area (Å²) in [6.07, 6.45) is 3.28. The highest BCUT2D eigenvalue weighted by atomic mass is 79.9. The number of hydrogen-bond donors (Lipinski definition) is 0. The minimum absolute atomic E-state index is 0.0245. The second-order valence-corrected chi connectivity index (χ2v) is 8.88. The van der Waals surface area contributed by atoms with Crippen LogP contribution in [0.3, 0.4) is 0 Å². The van der Waals surface area contributed by atoms with Crippen LogP contribution in [0.1, 0.15) is 18.9 Å². The third kappa shape index (κ3) is 5.97. The summed E-state index contributed by atoms with van der Waals surface area (Å²) in [5.74, 6) is -0.933. The number of amides is 1. The lowest BCUT2D eigenvalue weighted by Crippen LogP contribution is -2.43. The summed E-state index contributed by atoms with van der Waals surface area (Å²) in [6, 6.07) is 7.05. The van der Waals surface area contributed by atoms with Gasteiger partial charge in [0.05, 0.1) is 11.5 Å². The Bertz CT molecular complexity index is 775. The summed E-state index contributed by atoms with van der Waals surface area (Å²) in [5, 5.41) is 0. The molecule has 1 amide bonds. The molecular formula is C17H20BrNO5S. The van der Waals surface area contributed by atoms with Gasteiger partial charge in [-0.05, 0) is 37.1 Å². The quantitative estimate of drug-likeness (QED) is 0.510. The Hall–Kier alpha value is -1.67. The molecular weight excluding hydrogens is 410 g/mol. The second-order valence-electron chi connectivity index (χ2n) is 5.73. The maximum Gasteiger partial charge on any atom is 0.331 e. The van der Waals surface area contributed by atoms with Gasteiger partial charge in [-0.25, -0.2) is 13.2 Å². The van der Waals surface area contributed by atoms with E-state index in [1.165, 1.54) is 11.0 Å². The maximum absolute atomic E-state index is 12.2. The first kappa shape index (κ1) is 19.7. The fourth-order valence-corrected chi connectivity index (χ4v) is 4.85. The molecule has 1 saturated heterocycles. The molecule has 1 atom stereocenters. The number of rotatable bonds is 6. The highest BCUT2D eigenvalue weighted by molar-refractivity contribution is 9.10. The Labute approximate surface area is 155 Å². The Morgan fingerprint density at radius 1 is 1.40 bits per heavy atom. The number of carbonyl (C=O) groups excluding carboxylic acids is 2. The number of hydrogen-bond acceptors (Lipinski definition) is 5. The molecule has 2 rings (SSSR count). The summed E-state index contributed by atoms with van der Waals surface area (Å²) < 4.78 is 29.0. The van der Waals surface area contributed by atoms with Gasteiger partial charge in [0.2, 0.25) is 0 Å². The van der Waals surface area contributed by atoms with E-state index < -0.39 is 22.4 Å². The van der Waals surface area contributed by atoms with Crippen molar-refractivity contribution in [2.45, 2.75) is 19.4 Å². The summed E-state index contributed by atoms with van der Waals surface area (Å²) >= 11 is 3.34. The number of likely N-dealkylation sites (N-methyl/N-ethyl adjacent to an activating group) is 1. The lowest BCUT2D eigenvalue weighted by Gasteiger charge is -2.26. The second kappa shape index (κ2) is 8.62. The van der Waals surface area contributed by atoms with Gasteiger partial charge in [0, 0.05) is 23.1 Å². The molecule has 6 nitrogen and oxygen atoms in total. The molecule has 136 valence electrons. The van der Waals surface area contributed by atoms with Crippen LogP contribution >= 0.6 is 15.9 Å². The van der Waals surface area contributed by atoms with E-state index in [2.05, 4.69) is 15.9 Å². The fraction of sp³-hybridized carbons (Fsp3) is 0.412. The summed E-state index contributed by atoms with van der Waals surface area (Å²) in [6.45, 7) is 1.76. The molecule has 1 aliphatic heterocycles. The van der Waals surface area contributed by atoms with Crippen molar-refractivity contribution in [3.8, 4) is 0 Å². The monoisotopic (exact) mass is 429 g/mol. The molecule has 1 aromatic carbocycles. The van der Waals surface area contributed by atoms with E-state index in [0.29, 0.717) is 13.0 Å². The van der Waals surface area contributed by atoms with Gasteiger partial charge in [-0.1, -0.05) is 28.1 Å². The summed E-state index contributed by atoms with van der Waals surface area (Å²) in [5.41, 5.74) is 0.823. The van der Waals surface area contributed by atoms with E-state index >= 15 is 0 Å². The number of sulfone groups is 1. The minimum Gasteiger partial charge on any atom is -0.452 e. The predicted octanol–water partition coefficient (Wildman–Crippen LogP) is 2.04. The summed E-state index contributed by atoms with van der Waals surface area (Å²) in [7, 11) is -3.07. The van der Waals surface area contributed by atoms with Crippen molar-refractivity contribution < 1.29 is 22.7 Å². The highest BCUT2D eigenvalue weighted by Gasteiger charge is 2.34. The van der Waals surface area contributed by atoms with Crippen LogP contribution in [0, 0.1) is 0 Å². The molecule has 1 aromatic rings. The first-order chi connectivity index (χ1) is 11.8. The van der Waals surface area contributed by atoms with Crippen molar-refractivity contribution in [1.82, 2.24) is 4.90 Å². The van der Waals surface area contributed by atoms with Gasteiger partial charge in [-0.15, -0.1) is 0 Å². The number of carbonyl (C=O) groups is 2. The van der Waals surface area contributed by atoms with Gasteiger partial charge >= 0.3 is 5.97 Å². The minimum atomic E-state index is -3.07. The van der Waals surface area contributed by atoms with Crippen LogP contribution in [-0.4, -0.2) is 55.9 Å². The fourth-order valence-electron chi connectivity index (χ4n) is 2.70. The lowest BCUT2D eigenvalue weighted by molar-refractivity contribution is -0.149. The summed E-state index contributed by atoms with van der Waals surface area (Å²) in [4.78, 5) is 25.4. The number of halogens is 1. The van der Waals surface area contributed by atoms with Gasteiger partial charge in [0.1, 0.15) is 0 Å². The maximum atomic E-state index is 12.2. The Balaban J connectivity index is 1.86. The molecule has 0 N–H and O–H groups in total. The van der Waals surface area contributed by atoms with E-state index in [-0.39, 0.29) is 23.5 Å². The van der Waals surface area contributed by atoms with Crippen LogP contribution in [0.15, 0.2) is 34.8 Å². The molecule has 0 aliphatic carbocycles. The number of nitrogens with zero attached hydrogens (tertiary/aromatic N) is 1. The van der Waals surface area contributed by atoms with E-state index in [1.54, 1.807) is 13.0 Å². The third-order valence-electron chi connectivity index (χ3n) is 3.91. The topological polar surface area (TPSA) is 80.8 Å². The molecule has 25 heavy (non-hydrogen) atoms. The van der Waals surface area contributed by atoms with Crippen molar-refractivity contribution in [3.63, 3.8) is 0 Å². The van der Waals surface area contributed by atoms with Crippen LogP contribution in [0.5, 0.6) is 0 Å². The molecule has 0 spiro atoms. The molecule has 1 heterocycles. The zero-order valence-electron chi connectivity index (χ0n) is 13.9. The van der Waals surface area contributed by atoms with Gasteiger partial charge in [0.15, 0.2) is 16.4 Å². The molecule has 0 saturated carbocycles. The third-order valence-corrected chi connectivity index (χ3v) is 6.15. The van der Waals surface area contributed by atoms with Gasteiger partial charge in [-0.3, -0.25) is 4.79 Å². The molecule has 8 heteroatoms. The number of benzene rings is 1. The van der Waals surface area contributed by atoms with Crippen LogP contribution < -0.4 is 0 Å². The average molecular weight is 430 g/mol.